The van der Waals surface area contributed by atoms with Gasteiger partial charge in [-0.15, -0.1) is 0 Å². The van der Waals surface area contributed by atoms with Crippen molar-refractivity contribution in [2.24, 2.45) is 0 Å². The molecule has 0 N–H and O–H groups in total. The third-order valence-corrected chi connectivity index (χ3v) is 16.7. The zero-order valence-electron chi connectivity index (χ0n) is 47.1. The largest absolute Gasteiger partial charge is 0.309 e. The van der Waals surface area contributed by atoms with Crippen molar-refractivity contribution in [3.63, 3.8) is 0 Å². The van der Waals surface area contributed by atoms with Crippen LogP contribution in [-0.4, -0.2) is 19.1 Å². The van der Waals surface area contributed by atoms with E-state index in [-0.39, 0.29) is 0 Å². The van der Waals surface area contributed by atoms with Crippen molar-refractivity contribution < 1.29 is 0 Å². The molecule has 0 radical (unpaired) electrons. The van der Waals surface area contributed by atoms with E-state index >= 15 is 0 Å². The fourth-order valence-corrected chi connectivity index (χ4v) is 12.3. The Morgan fingerprint density at radius 1 is 0.239 bits per heavy atom. The van der Waals surface area contributed by atoms with Crippen molar-refractivity contribution in [2.45, 2.75) is 0 Å². The van der Waals surface area contributed by atoms with E-state index < -0.39 is 0 Å². The van der Waals surface area contributed by atoms with Crippen LogP contribution in [0.4, 0.5) is 0 Å². The van der Waals surface area contributed by atoms with Gasteiger partial charge in [0.25, 0.3) is 0 Å². The summed E-state index contributed by atoms with van der Waals surface area (Å²) in [5.74, 6) is 0.617. The zero-order valence-corrected chi connectivity index (χ0v) is 47.1. The lowest BCUT2D eigenvalue weighted by atomic mass is 9.97. The Hall–Kier alpha value is -12.7. The van der Waals surface area contributed by atoms with Crippen molar-refractivity contribution in [2.75, 3.05) is 0 Å². The molecule has 0 aliphatic carbocycles. The normalized spacial score (nSPS) is 11.1. The van der Waals surface area contributed by atoms with E-state index in [0.717, 1.165) is 139 Å². The Labute approximate surface area is 507 Å². The maximum Gasteiger partial charge on any atom is 0.160 e. The summed E-state index contributed by atoms with van der Waals surface area (Å²) >= 11 is 0. The first-order valence-corrected chi connectivity index (χ1v) is 28.8. The van der Waals surface area contributed by atoms with Crippen molar-refractivity contribution >= 4 is 43.6 Å². The molecule has 0 saturated heterocycles. The molecule has 0 bridgehead atoms. The van der Waals surface area contributed by atoms with Crippen LogP contribution in [0.2, 0.25) is 0 Å². The first kappa shape index (κ1) is 52.1. The van der Waals surface area contributed by atoms with Gasteiger partial charge in [-0.3, -0.25) is 0 Å². The van der Waals surface area contributed by atoms with Gasteiger partial charge in [-0.1, -0.05) is 164 Å². The second kappa shape index (κ2) is 21.8. The Morgan fingerprint density at radius 2 is 0.557 bits per heavy atom. The van der Waals surface area contributed by atoms with Crippen molar-refractivity contribution in [3.05, 3.63) is 301 Å². The summed E-state index contributed by atoms with van der Waals surface area (Å²) in [7, 11) is 0. The van der Waals surface area contributed by atoms with E-state index in [4.69, 9.17) is 9.97 Å². The van der Waals surface area contributed by atoms with E-state index in [1.807, 2.05) is 146 Å². The highest BCUT2D eigenvalue weighted by atomic mass is 15.0. The smallest absolute Gasteiger partial charge is 0.160 e. The number of hydrogen-bond donors (Lipinski definition) is 0. The van der Waals surface area contributed by atoms with Gasteiger partial charge < -0.3 is 9.13 Å². The summed E-state index contributed by atoms with van der Waals surface area (Å²) in [5, 5.41) is 43.1. The van der Waals surface area contributed by atoms with Crippen LogP contribution < -0.4 is 0 Å². The minimum Gasteiger partial charge on any atom is -0.309 e. The third kappa shape index (κ3) is 9.26. The second-order valence-electron chi connectivity index (χ2n) is 21.8. The summed E-state index contributed by atoms with van der Waals surface area (Å²) in [6.07, 6.45) is 0. The lowest BCUT2D eigenvalue weighted by Crippen LogP contribution is -2.02. The van der Waals surface area contributed by atoms with Crippen LogP contribution in [0, 0.1) is 45.3 Å². The number of nitriles is 4. The fraction of sp³-hybridized carbons (Fsp3) is 0. The molecule has 0 saturated carbocycles. The van der Waals surface area contributed by atoms with Gasteiger partial charge in [0.2, 0.25) is 0 Å². The van der Waals surface area contributed by atoms with Gasteiger partial charge >= 0.3 is 0 Å². The SMILES string of the molecule is N#Cc1ccc(-c2ccc3c(c2)c2cc(-c4ccc(C#N)cc4)ccc2n3-c2ccccc2-c2ccc(-c3cc(-c4ccccc4)nc(-c4ccccc4)n3)cc2-n2c3ccc(-c4ccc(C#N)cc4)cc3c3cc(-c4ccc(C#N)cc4)ccc32)cc1. The molecular weight excluding hydrogens is 1070 g/mol. The summed E-state index contributed by atoms with van der Waals surface area (Å²) in [6.45, 7) is 0. The molecule has 0 aliphatic rings. The molecule has 12 aromatic carbocycles. The molecule has 15 aromatic rings. The number of rotatable bonds is 10. The minimum absolute atomic E-state index is 0.596. The lowest BCUT2D eigenvalue weighted by Gasteiger charge is -2.20. The Morgan fingerprint density at radius 3 is 0.955 bits per heavy atom. The van der Waals surface area contributed by atoms with Crippen molar-refractivity contribution in [3.8, 4) is 125 Å². The van der Waals surface area contributed by atoms with E-state index in [0.29, 0.717) is 28.1 Å². The highest BCUT2D eigenvalue weighted by Gasteiger charge is 2.24. The van der Waals surface area contributed by atoms with Gasteiger partial charge in [0, 0.05) is 49.4 Å². The number of benzene rings is 12. The van der Waals surface area contributed by atoms with Crippen LogP contribution in [0.5, 0.6) is 0 Å². The van der Waals surface area contributed by atoms with E-state index in [1.165, 1.54) is 0 Å². The summed E-state index contributed by atoms with van der Waals surface area (Å²) in [5.41, 5.74) is 22.7. The molecule has 0 spiro atoms. The highest BCUT2D eigenvalue weighted by molar-refractivity contribution is 6.14. The van der Waals surface area contributed by atoms with E-state index in [1.54, 1.807) is 0 Å². The molecule has 3 aromatic heterocycles. The molecule has 8 heteroatoms. The Kier molecular flexibility index (Phi) is 12.9. The molecule has 8 nitrogen and oxygen atoms in total. The molecule has 0 atom stereocenters. The molecule has 88 heavy (non-hydrogen) atoms. The minimum atomic E-state index is 0.596. The molecule has 3 heterocycles. The van der Waals surface area contributed by atoms with Crippen LogP contribution in [-0.2, 0) is 0 Å². The van der Waals surface area contributed by atoms with Gasteiger partial charge in [0.15, 0.2) is 5.82 Å². The summed E-state index contributed by atoms with van der Waals surface area (Å²) in [4.78, 5) is 10.6. The fourth-order valence-electron chi connectivity index (χ4n) is 12.3. The number of fused-ring (bicyclic) bond motifs is 6. The average Bonchev–Trinajstić information content (AvgIpc) is 1.62. The van der Waals surface area contributed by atoms with Crippen molar-refractivity contribution in [1.82, 2.24) is 19.1 Å². The average molecular weight is 1120 g/mol. The maximum atomic E-state index is 9.75. The molecule has 406 valence electrons. The van der Waals surface area contributed by atoms with Gasteiger partial charge in [-0.2, -0.15) is 21.0 Å². The van der Waals surface area contributed by atoms with E-state index in [2.05, 4.69) is 167 Å². The van der Waals surface area contributed by atoms with Crippen molar-refractivity contribution in [1.29, 1.82) is 21.0 Å². The van der Waals surface area contributed by atoms with Crippen LogP contribution in [0.1, 0.15) is 22.3 Å². The van der Waals surface area contributed by atoms with Gasteiger partial charge in [-0.05, 0) is 160 Å². The number of aromatic nitrogens is 4. The van der Waals surface area contributed by atoms with Gasteiger partial charge in [0.05, 0.1) is 91.4 Å². The number of hydrogen-bond acceptors (Lipinski definition) is 6. The molecule has 0 amide bonds. The van der Waals surface area contributed by atoms with Crippen LogP contribution in [0.3, 0.4) is 0 Å². The van der Waals surface area contributed by atoms with Crippen LogP contribution >= 0.6 is 0 Å². The predicted molar refractivity (Wildman–Crippen MR) is 353 cm³/mol. The molecular formula is C80H46N8. The summed E-state index contributed by atoms with van der Waals surface area (Å²) in [6, 6.07) is 104. The zero-order chi connectivity index (χ0) is 59.2. The molecule has 0 fully saturated rings. The topological polar surface area (TPSA) is 131 Å². The Balaban J connectivity index is 1.01. The van der Waals surface area contributed by atoms with Crippen LogP contribution in [0.25, 0.3) is 145 Å². The third-order valence-electron chi connectivity index (χ3n) is 16.7. The monoisotopic (exact) mass is 1120 g/mol. The van der Waals surface area contributed by atoms with Gasteiger partial charge in [0.1, 0.15) is 0 Å². The van der Waals surface area contributed by atoms with E-state index in [9.17, 15) is 21.0 Å². The molecule has 15 rings (SSSR count). The molecule has 0 aliphatic heterocycles. The van der Waals surface area contributed by atoms with Crippen LogP contribution in [0.15, 0.2) is 279 Å². The second-order valence-corrected chi connectivity index (χ2v) is 21.8. The Bertz CT molecular complexity index is 5150. The number of para-hydroxylation sites is 1. The lowest BCUT2D eigenvalue weighted by molar-refractivity contribution is 1.15. The maximum absolute atomic E-state index is 9.75. The standard InChI is InChI=1S/C80H46N8/c81-47-51-15-23-55(24-16-51)61-32-37-75-68(41-61)69-42-62(56-25-17-52(48-82)18-26-56)33-38-76(69)87(75)74-14-8-7-13-66(74)67-36-31-65(73-46-72(59-9-3-1-4-10-59)85-80(86-73)60-11-5-2-6-12-60)45-79(67)88-77-39-34-63(57-27-19-53(49-83)20-28-57)43-70(77)71-44-64(35-40-78(71)88)58-29-21-54(50-84)22-30-58/h1-46H. The summed E-state index contributed by atoms with van der Waals surface area (Å²) < 4.78 is 4.77. The quantitative estimate of drug-likeness (QED) is 0.134. The highest BCUT2D eigenvalue weighted by Crippen LogP contribution is 2.45. The number of nitrogens with zero attached hydrogens (tertiary/aromatic N) is 8. The first-order valence-electron chi connectivity index (χ1n) is 28.8. The predicted octanol–water partition coefficient (Wildman–Crippen LogP) is 19.5. The first-order chi connectivity index (χ1) is 43.4. The van der Waals surface area contributed by atoms with Gasteiger partial charge in [-0.25, -0.2) is 9.97 Å². The molecule has 0 unspecified atom stereocenters.